The van der Waals surface area contributed by atoms with Crippen LogP contribution in [0.25, 0.3) is 6.08 Å². The average Bonchev–Trinajstić information content (AvgIpc) is 2.27. The number of benzene rings is 1. The molecule has 0 aliphatic carbocycles. The van der Waals surface area contributed by atoms with Gasteiger partial charge in [0.2, 0.25) is 0 Å². The smallest absolute Gasteiger partial charge is 0.0479 e. The molecule has 0 saturated carbocycles. The lowest BCUT2D eigenvalue weighted by Gasteiger charge is -2.23. The largest absolute Gasteiger partial charge is 0.308 e. The lowest BCUT2D eigenvalue weighted by atomic mass is 9.98. The quantitative estimate of drug-likeness (QED) is 0.782. The summed E-state index contributed by atoms with van der Waals surface area (Å²) in [5.41, 5.74) is 2.40. The van der Waals surface area contributed by atoms with Crippen LogP contribution < -0.4 is 5.32 Å². The van der Waals surface area contributed by atoms with E-state index in [1.807, 2.05) is 18.2 Å². The maximum absolute atomic E-state index is 6.21. The van der Waals surface area contributed by atoms with Crippen molar-refractivity contribution in [3.63, 3.8) is 0 Å². The van der Waals surface area contributed by atoms with Gasteiger partial charge in [-0.15, -0.1) is 0 Å². The topological polar surface area (TPSA) is 12.0 Å². The minimum absolute atomic E-state index is 0.103. The summed E-state index contributed by atoms with van der Waals surface area (Å²) in [5.74, 6) is 0.463. The van der Waals surface area contributed by atoms with Gasteiger partial charge in [-0.3, -0.25) is 0 Å². The molecule has 0 atom stereocenters. The monoisotopic (exact) mass is 299 g/mol. The fraction of sp³-hybridized carbons (Fsp3) is 0.500. The predicted octanol–water partition coefficient (Wildman–Crippen LogP) is 5.42. The van der Waals surface area contributed by atoms with E-state index in [0.717, 1.165) is 17.1 Å². The van der Waals surface area contributed by atoms with Crippen molar-refractivity contribution in [1.29, 1.82) is 0 Å². The first-order valence-corrected chi connectivity index (χ1v) is 7.35. The number of hydrogen-bond acceptors (Lipinski definition) is 1. The third kappa shape index (κ3) is 5.99. The van der Waals surface area contributed by atoms with Crippen LogP contribution in [-0.4, -0.2) is 12.1 Å². The highest BCUT2D eigenvalue weighted by atomic mass is 35.5. The molecule has 0 spiro atoms. The Morgan fingerprint density at radius 3 is 2.42 bits per heavy atom. The summed E-state index contributed by atoms with van der Waals surface area (Å²) in [6.07, 6.45) is 2.14. The molecule has 0 amide bonds. The lowest BCUT2D eigenvalue weighted by molar-refractivity contribution is 0.437. The second kappa shape index (κ2) is 6.78. The normalized spacial score (nSPS) is 13.2. The van der Waals surface area contributed by atoms with Gasteiger partial charge in [0.1, 0.15) is 0 Å². The van der Waals surface area contributed by atoms with Gasteiger partial charge in [0.05, 0.1) is 0 Å². The van der Waals surface area contributed by atoms with Crippen LogP contribution in [0.2, 0.25) is 10.0 Å². The molecule has 0 aromatic heterocycles. The highest BCUT2D eigenvalue weighted by molar-refractivity contribution is 6.34. The van der Waals surface area contributed by atoms with Crippen molar-refractivity contribution >= 4 is 29.3 Å². The number of hydrogen-bond donors (Lipinski definition) is 1. The molecule has 0 aliphatic rings. The summed E-state index contributed by atoms with van der Waals surface area (Å²) in [7, 11) is 0. The molecule has 0 bridgehead atoms. The SMILES string of the molecule is CC(C)/C(=C/c1cc(Cl)ccc1Cl)CNC(C)(C)C. The number of halogens is 2. The van der Waals surface area contributed by atoms with E-state index >= 15 is 0 Å². The third-order valence-electron chi connectivity index (χ3n) is 2.86. The molecule has 1 rings (SSSR count). The van der Waals surface area contributed by atoms with E-state index in [1.54, 1.807) is 0 Å². The summed E-state index contributed by atoms with van der Waals surface area (Å²) < 4.78 is 0. The first-order valence-electron chi connectivity index (χ1n) is 6.59. The maximum Gasteiger partial charge on any atom is 0.0479 e. The van der Waals surface area contributed by atoms with Crippen LogP contribution in [0.15, 0.2) is 23.8 Å². The second-order valence-electron chi connectivity index (χ2n) is 6.14. The Bertz CT molecular complexity index is 456. The van der Waals surface area contributed by atoms with E-state index in [-0.39, 0.29) is 5.54 Å². The lowest BCUT2D eigenvalue weighted by Crippen LogP contribution is -2.37. The standard InChI is InChI=1S/C16H23Cl2N/c1-11(2)13(10-19-16(3,4)5)8-12-9-14(17)6-7-15(12)18/h6-9,11,19H,10H2,1-5H3/b13-8+. The highest BCUT2D eigenvalue weighted by Gasteiger charge is 2.12. The third-order valence-corrected chi connectivity index (χ3v) is 3.44. The number of nitrogens with one attached hydrogen (secondary N) is 1. The van der Waals surface area contributed by atoms with E-state index in [9.17, 15) is 0 Å². The Labute approximate surface area is 127 Å². The van der Waals surface area contributed by atoms with Crippen LogP contribution >= 0.6 is 23.2 Å². The van der Waals surface area contributed by atoms with Crippen molar-refractivity contribution in [3.8, 4) is 0 Å². The molecule has 0 unspecified atom stereocenters. The molecule has 1 nitrogen and oxygen atoms in total. The van der Waals surface area contributed by atoms with E-state index in [1.165, 1.54) is 5.57 Å². The summed E-state index contributed by atoms with van der Waals surface area (Å²) in [5, 5.41) is 4.96. The molecule has 0 radical (unpaired) electrons. The summed E-state index contributed by atoms with van der Waals surface area (Å²) in [6.45, 7) is 11.7. The van der Waals surface area contributed by atoms with Crippen LogP contribution in [0.1, 0.15) is 40.2 Å². The van der Waals surface area contributed by atoms with Crippen LogP contribution in [0.5, 0.6) is 0 Å². The summed E-state index contributed by atoms with van der Waals surface area (Å²) in [6, 6.07) is 5.55. The van der Waals surface area contributed by atoms with Crippen molar-refractivity contribution in [3.05, 3.63) is 39.4 Å². The van der Waals surface area contributed by atoms with Crippen molar-refractivity contribution in [2.75, 3.05) is 6.54 Å². The summed E-state index contributed by atoms with van der Waals surface area (Å²) in [4.78, 5) is 0. The highest BCUT2D eigenvalue weighted by Crippen LogP contribution is 2.24. The first-order chi connectivity index (χ1) is 8.69. The van der Waals surface area contributed by atoms with E-state index in [0.29, 0.717) is 10.9 Å². The molecule has 106 valence electrons. The van der Waals surface area contributed by atoms with Gasteiger partial charge in [-0.1, -0.05) is 48.7 Å². The van der Waals surface area contributed by atoms with Gasteiger partial charge in [-0.2, -0.15) is 0 Å². The zero-order chi connectivity index (χ0) is 14.6. The fourth-order valence-corrected chi connectivity index (χ4v) is 1.97. The molecule has 19 heavy (non-hydrogen) atoms. The Morgan fingerprint density at radius 2 is 1.89 bits per heavy atom. The van der Waals surface area contributed by atoms with Gasteiger partial charge in [0.15, 0.2) is 0 Å². The molecule has 0 saturated heterocycles. The van der Waals surface area contributed by atoms with Crippen LogP contribution in [0, 0.1) is 5.92 Å². The Hall–Kier alpha value is -0.500. The van der Waals surface area contributed by atoms with Crippen LogP contribution in [0.3, 0.4) is 0 Å². The maximum atomic E-state index is 6.21. The summed E-state index contributed by atoms with van der Waals surface area (Å²) >= 11 is 12.2. The van der Waals surface area contributed by atoms with Gasteiger partial charge in [0.25, 0.3) is 0 Å². The molecule has 1 aromatic carbocycles. The van der Waals surface area contributed by atoms with Crippen molar-refractivity contribution in [1.82, 2.24) is 5.32 Å². The Kier molecular flexibility index (Phi) is 5.91. The molecule has 3 heteroatoms. The Morgan fingerprint density at radius 1 is 1.26 bits per heavy atom. The number of rotatable bonds is 4. The average molecular weight is 300 g/mol. The van der Waals surface area contributed by atoms with Gasteiger partial charge >= 0.3 is 0 Å². The van der Waals surface area contributed by atoms with Crippen LogP contribution in [-0.2, 0) is 0 Å². The first kappa shape index (κ1) is 16.6. The molecule has 0 aliphatic heterocycles. The van der Waals surface area contributed by atoms with Gasteiger partial charge in [0, 0.05) is 22.1 Å². The fourth-order valence-electron chi connectivity index (χ4n) is 1.61. The van der Waals surface area contributed by atoms with Gasteiger partial charge in [-0.25, -0.2) is 0 Å². The molecule has 1 N–H and O–H groups in total. The zero-order valence-corrected chi connectivity index (χ0v) is 13.9. The molecule has 1 aromatic rings. The second-order valence-corrected chi connectivity index (χ2v) is 6.99. The zero-order valence-electron chi connectivity index (χ0n) is 12.3. The van der Waals surface area contributed by atoms with E-state index < -0.39 is 0 Å². The van der Waals surface area contributed by atoms with E-state index in [4.69, 9.17) is 23.2 Å². The predicted molar refractivity (Wildman–Crippen MR) is 87.0 cm³/mol. The van der Waals surface area contributed by atoms with Crippen molar-refractivity contribution in [2.24, 2.45) is 5.92 Å². The van der Waals surface area contributed by atoms with Crippen molar-refractivity contribution < 1.29 is 0 Å². The van der Waals surface area contributed by atoms with Crippen LogP contribution in [0.4, 0.5) is 0 Å². The van der Waals surface area contributed by atoms with E-state index in [2.05, 4.69) is 46.0 Å². The Balaban J connectivity index is 2.98. The molecular formula is C16H23Cl2N. The molecular weight excluding hydrogens is 277 g/mol. The molecule has 0 fully saturated rings. The van der Waals surface area contributed by atoms with Crippen molar-refractivity contribution in [2.45, 2.75) is 40.2 Å². The van der Waals surface area contributed by atoms with Gasteiger partial charge < -0.3 is 5.32 Å². The minimum Gasteiger partial charge on any atom is -0.308 e. The molecule has 0 heterocycles. The van der Waals surface area contributed by atoms with Gasteiger partial charge in [-0.05, 0) is 50.5 Å². The minimum atomic E-state index is 0.103.